The molecule has 0 radical (unpaired) electrons. The van der Waals surface area contributed by atoms with Crippen LogP contribution in [0.25, 0.3) is 10.9 Å². The van der Waals surface area contributed by atoms with Crippen molar-refractivity contribution in [1.29, 1.82) is 0 Å². The van der Waals surface area contributed by atoms with Crippen molar-refractivity contribution >= 4 is 34.4 Å². The first-order chi connectivity index (χ1) is 9.08. The van der Waals surface area contributed by atoms with Gasteiger partial charge in [0.2, 0.25) is 0 Å². The van der Waals surface area contributed by atoms with Gasteiger partial charge >= 0.3 is 6.03 Å². The molecule has 2 aromatic rings. The van der Waals surface area contributed by atoms with Crippen LogP contribution in [-0.4, -0.2) is 34.9 Å². The summed E-state index contributed by atoms with van der Waals surface area (Å²) in [5.74, 6) is -0.207. The van der Waals surface area contributed by atoms with E-state index in [1.165, 1.54) is 7.05 Å². The maximum Gasteiger partial charge on any atom is 0.324 e. The van der Waals surface area contributed by atoms with Gasteiger partial charge < -0.3 is 10.3 Å². The van der Waals surface area contributed by atoms with Crippen molar-refractivity contribution in [2.75, 3.05) is 7.05 Å². The second-order valence-corrected chi connectivity index (χ2v) is 4.99. The molecule has 2 heterocycles. The molecule has 0 aliphatic carbocycles. The predicted octanol–water partition coefficient (Wildman–Crippen LogP) is 1.91. The number of likely N-dealkylation sites (N-methyl/N-ethyl adjacent to an activating group) is 1. The first kappa shape index (κ1) is 12.0. The highest BCUT2D eigenvalue weighted by Crippen LogP contribution is 2.26. The number of nitrogens with one attached hydrogen (secondary N) is 2. The van der Waals surface area contributed by atoms with E-state index in [0.29, 0.717) is 11.4 Å². The van der Waals surface area contributed by atoms with Crippen LogP contribution in [0.1, 0.15) is 5.56 Å². The number of hydrogen-bond donors (Lipinski definition) is 2. The Kier molecular flexibility index (Phi) is 2.71. The monoisotopic (exact) mass is 277 g/mol. The summed E-state index contributed by atoms with van der Waals surface area (Å²) in [5, 5.41) is 4.28. The molecule has 0 spiro atoms. The third-order valence-corrected chi connectivity index (χ3v) is 3.72. The number of aromatic amines is 1. The number of carbonyl (C=O) groups is 2. The van der Waals surface area contributed by atoms with Gasteiger partial charge in [0.15, 0.2) is 0 Å². The van der Waals surface area contributed by atoms with Gasteiger partial charge in [-0.1, -0.05) is 23.7 Å². The molecular formula is C13H12ClN3O2. The summed E-state index contributed by atoms with van der Waals surface area (Å²) >= 11 is 6.09. The molecule has 3 amide bonds. The number of carbonyl (C=O) groups excluding carboxylic acids is 2. The fraction of sp³-hybridized carbons (Fsp3) is 0.231. The van der Waals surface area contributed by atoms with Gasteiger partial charge in [0.1, 0.15) is 6.04 Å². The van der Waals surface area contributed by atoms with Crippen LogP contribution in [0.5, 0.6) is 0 Å². The zero-order valence-corrected chi connectivity index (χ0v) is 11.0. The Hall–Kier alpha value is -2.01. The molecule has 0 bridgehead atoms. The fourth-order valence-electron chi connectivity index (χ4n) is 2.34. The van der Waals surface area contributed by atoms with E-state index in [9.17, 15) is 9.59 Å². The number of hydrogen-bond acceptors (Lipinski definition) is 2. The Balaban J connectivity index is 1.93. The average molecular weight is 278 g/mol. The lowest BCUT2D eigenvalue weighted by Gasteiger charge is -2.07. The van der Waals surface area contributed by atoms with E-state index < -0.39 is 6.04 Å². The molecule has 0 saturated carbocycles. The van der Waals surface area contributed by atoms with Crippen molar-refractivity contribution in [3.8, 4) is 0 Å². The van der Waals surface area contributed by atoms with Gasteiger partial charge in [-0.25, -0.2) is 4.79 Å². The van der Waals surface area contributed by atoms with Gasteiger partial charge in [-0.15, -0.1) is 0 Å². The highest BCUT2D eigenvalue weighted by Gasteiger charge is 2.35. The van der Waals surface area contributed by atoms with Gasteiger partial charge in [0.25, 0.3) is 5.91 Å². The molecule has 1 aliphatic heterocycles. The zero-order chi connectivity index (χ0) is 13.6. The van der Waals surface area contributed by atoms with Gasteiger partial charge in [0.05, 0.1) is 10.5 Å². The normalized spacial score (nSPS) is 19.3. The maximum absolute atomic E-state index is 11.9. The lowest BCUT2D eigenvalue weighted by Crippen LogP contribution is -2.31. The summed E-state index contributed by atoms with van der Waals surface area (Å²) in [5.41, 5.74) is 1.82. The molecule has 1 fully saturated rings. The molecule has 6 heteroatoms. The molecule has 1 saturated heterocycles. The van der Waals surface area contributed by atoms with E-state index in [-0.39, 0.29) is 11.9 Å². The molecule has 1 aliphatic rings. The number of urea groups is 1. The lowest BCUT2D eigenvalue weighted by molar-refractivity contribution is -0.126. The third-order valence-electron chi connectivity index (χ3n) is 3.41. The smallest absolute Gasteiger partial charge is 0.324 e. The van der Waals surface area contributed by atoms with Gasteiger partial charge in [-0.05, 0) is 11.6 Å². The number of aromatic nitrogens is 1. The van der Waals surface area contributed by atoms with Crippen molar-refractivity contribution in [1.82, 2.24) is 15.2 Å². The van der Waals surface area contributed by atoms with E-state index in [0.717, 1.165) is 21.4 Å². The molecular weight excluding hydrogens is 266 g/mol. The standard InChI is InChI=1S/C13H12ClN3O2/c1-17-12(18)10(16-13(17)19)5-7-6-15-11-8(7)3-2-4-9(11)14/h2-4,6,10,15H,5H2,1H3,(H,16,19)/t10-/m0/s1. The van der Waals surface area contributed by atoms with Gasteiger partial charge in [-0.2, -0.15) is 0 Å². The molecule has 5 nitrogen and oxygen atoms in total. The number of nitrogens with zero attached hydrogens (tertiary/aromatic N) is 1. The summed E-state index contributed by atoms with van der Waals surface area (Å²) in [6, 6.07) is 4.75. The summed E-state index contributed by atoms with van der Waals surface area (Å²) in [6.45, 7) is 0. The molecule has 2 N–H and O–H groups in total. The summed E-state index contributed by atoms with van der Waals surface area (Å²) in [4.78, 5) is 27.5. The number of H-pyrrole nitrogens is 1. The van der Waals surface area contributed by atoms with E-state index in [1.54, 1.807) is 6.07 Å². The van der Waals surface area contributed by atoms with Gasteiger partial charge in [0, 0.05) is 25.1 Å². The SMILES string of the molecule is CN1C(=O)N[C@@H](Cc2c[nH]c3c(Cl)cccc23)C1=O. The van der Waals surface area contributed by atoms with Crippen LogP contribution in [0.2, 0.25) is 5.02 Å². The average Bonchev–Trinajstić information content (AvgIpc) is 2.90. The third kappa shape index (κ3) is 1.86. The molecule has 19 heavy (non-hydrogen) atoms. The number of amides is 3. The highest BCUT2D eigenvalue weighted by molar-refractivity contribution is 6.35. The number of benzene rings is 1. The van der Waals surface area contributed by atoms with Crippen LogP contribution in [0.15, 0.2) is 24.4 Å². The summed E-state index contributed by atoms with van der Waals surface area (Å²) < 4.78 is 0. The largest absolute Gasteiger partial charge is 0.360 e. The van der Waals surface area contributed by atoms with Crippen LogP contribution >= 0.6 is 11.6 Å². The number of halogens is 1. The Bertz CT molecular complexity index is 680. The van der Waals surface area contributed by atoms with Crippen LogP contribution < -0.4 is 5.32 Å². The lowest BCUT2D eigenvalue weighted by atomic mass is 10.1. The second kappa shape index (κ2) is 4.28. The Morgan fingerprint density at radius 3 is 2.84 bits per heavy atom. The fourth-order valence-corrected chi connectivity index (χ4v) is 2.57. The number of rotatable bonds is 2. The number of imide groups is 1. The Morgan fingerprint density at radius 1 is 1.37 bits per heavy atom. The van der Waals surface area contributed by atoms with E-state index >= 15 is 0 Å². The highest BCUT2D eigenvalue weighted by atomic mass is 35.5. The number of para-hydroxylation sites is 1. The Labute approximate surface area is 114 Å². The van der Waals surface area contributed by atoms with Crippen molar-refractivity contribution in [3.63, 3.8) is 0 Å². The summed E-state index contributed by atoms with van der Waals surface area (Å²) in [6.07, 6.45) is 2.28. The second-order valence-electron chi connectivity index (χ2n) is 4.58. The quantitative estimate of drug-likeness (QED) is 0.824. The van der Waals surface area contributed by atoms with E-state index in [1.807, 2.05) is 18.3 Å². The molecule has 1 aromatic carbocycles. The summed E-state index contributed by atoms with van der Waals surface area (Å²) in [7, 11) is 1.48. The minimum atomic E-state index is -0.504. The first-order valence-corrected chi connectivity index (χ1v) is 6.28. The minimum absolute atomic E-state index is 0.207. The van der Waals surface area contributed by atoms with Crippen LogP contribution in [-0.2, 0) is 11.2 Å². The number of fused-ring (bicyclic) bond motifs is 1. The maximum atomic E-state index is 11.9. The minimum Gasteiger partial charge on any atom is -0.360 e. The van der Waals surface area contributed by atoms with Crippen molar-refractivity contribution in [2.24, 2.45) is 0 Å². The molecule has 3 rings (SSSR count). The zero-order valence-electron chi connectivity index (χ0n) is 10.2. The van der Waals surface area contributed by atoms with E-state index in [2.05, 4.69) is 10.3 Å². The van der Waals surface area contributed by atoms with Gasteiger partial charge in [-0.3, -0.25) is 9.69 Å². The first-order valence-electron chi connectivity index (χ1n) is 5.90. The van der Waals surface area contributed by atoms with Crippen molar-refractivity contribution in [2.45, 2.75) is 12.5 Å². The molecule has 1 aromatic heterocycles. The van der Waals surface area contributed by atoms with Crippen molar-refractivity contribution < 1.29 is 9.59 Å². The molecule has 0 unspecified atom stereocenters. The van der Waals surface area contributed by atoms with E-state index in [4.69, 9.17) is 11.6 Å². The predicted molar refractivity (Wildman–Crippen MR) is 72.1 cm³/mol. The van der Waals surface area contributed by atoms with Crippen LogP contribution in [0.4, 0.5) is 4.79 Å². The Morgan fingerprint density at radius 2 is 2.16 bits per heavy atom. The van der Waals surface area contributed by atoms with Crippen LogP contribution in [0, 0.1) is 0 Å². The van der Waals surface area contributed by atoms with Crippen molar-refractivity contribution in [3.05, 3.63) is 35.0 Å². The topological polar surface area (TPSA) is 65.2 Å². The molecule has 1 atom stereocenters. The molecule has 98 valence electrons. The van der Waals surface area contributed by atoms with Crippen LogP contribution in [0.3, 0.4) is 0 Å².